The number of nitrogens with one attached hydrogen (secondary N) is 1. The summed E-state index contributed by atoms with van der Waals surface area (Å²) in [6.45, 7) is 2.00. The zero-order chi connectivity index (χ0) is 19.0. The quantitative estimate of drug-likeness (QED) is 0.426. The van der Waals surface area contributed by atoms with Crippen LogP contribution in [0.3, 0.4) is 0 Å². The van der Waals surface area contributed by atoms with E-state index in [4.69, 9.17) is 16.6 Å². The van der Waals surface area contributed by atoms with Crippen LogP contribution in [-0.4, -0.2) is 15.3 Å². The summed E-state index contributed by atoms with van der Waals surface area (Å²) in [5.74, 6) is 0.415. The smallest absolute Gasteiger partial charge is 0.256 e. The number of imidazole rings is 1. The molecule has 0 bridgehead atoms. The molecule has 0 aliphatic heterocycles. The third-order valence-corrected chi connectivity index (χ3v) is 4.97. The van der Waals surface area contributed by atoms with Gasteiger partial charge in [0.15, 0.2) is 0 Å². The minimum Gasteiger partial charge on any atom is -0.306 e. The molecule has 0 aliphatic rings. The van der Waals surface area contributed by atoms with E-state index in [1.54, 1.807) is 12.1 Å². The summed E-state index contributed by atoms with van der Waals surface area (Å²) >= 11 is 9.55. The Hall–Kier alpha value is -2.63. The molecule has 27 heavy (non-hydrogen) atoms. The van der Waals surface area contributed by atoms with E-state index in [9.17, 15) is 4.79 Å². The SMILES string of the molecule is Cc1ccc2nc(-c3cccc(Cl)c3)c(NC(=O)c3ccc(Br)cc3)n2c1. The summed E-state index contributed by atoms with van der Waals surface area (Å²) in [4.78, 5) is 17.5. The van der Waals surface area contributed by atoms with Crippen molar-refractivity contribution in [2.45, 2.75) is 6.92 Å². The summed E-state index contributed by atoms with van der Waals surface area (Å²) in [6.07, 6.45) is 1.95. The number of anilines is 1. The summed E-state index contributed by atoms with van der Waals surface area (Å²) in [6, 6.07) is 18.6. The minimum atomic E-state index is -0.200. The maximum absolute atomic E-state index is 12.8. The largest absolute Gasteiger partial charge is 0.306 e. The molecular weight excluding hydrogens is 426 g/mol. The summed E-state index contributed by atoms with van der Waals surface area (Å²) in [5.41, 5.74) is 3.90. The summed E-state index contributed by atoms with van der Waals surface area (Å²) in [5, 5.41) is 3.63. The molecule has 2 heterocycles. The topological polar surface area (TPSA) is 46.4 Å². The number of hydrogen-bond acceptors (Lipinski definition) is 2. The molecule has 4 aromatic rings. The summed E-state index contributed by atoms with van der Waals surface area (Å²) < 4.78 is 2.81. The lowest BCUT2D eigenvalue weighted by Gasteiger charge is -2.09. The van der Waals surface area contributed by atoms with Gasteiger partial charge in [-0.25, -0.2) is 4.98 Å². The number of carbonyl (C=O) groups is 1. The van der Waals surface area contributed by atoms with E-state index in [1.807, 2.05) is 66.1 Å². The molecule has 1 amide bonds. The van der Waals surface area contributed by atoms with Gasteiger partial charge in [-0.15, -0.1) is 0 Å². The lowest BCUT2D eigenvalue weighted by molar-refractivity contribution is 0.102. The van der Waals surface area contributed by atoms with E-state index < -0.39 is 0 Å². The Balaban J connectivity index is 1.84. The lowest BCUT2D eigenvalue weighted by atomic mass is 10.1. The highest BCUT2D eigenvalue weighted by atomic mass is 79.9. The van der Waals surface area contributed by atoms with Gasteiger partial charge in [-0.1, -0.05) is 45.7 Å². The first-order chi connectivity index (χ1) is 13.0. The van der Waals surface area contributed by atoms with Crippen molar-refractivity contribution in [3.63, 3.8) is 0 Å². The first kappa shape index (κ1) is 17.8. The monoisotopic (exact) mass is 439 g/mol. The van der Waals surface area contributed by atoms with Gasteiger partial charge in [0, 0.05) is 26.8 Å². The Bertz CT molecular complexity index is 1150. The number of benzene rings is 2. The Labute approximate surface area is 169 Å². The van der Waals surface area contributed by atoms with E-state index >= 15 is 0 Å². The standard InChI is InChI=1S/C21H15BrClN3O/c1-13-5-10-18-24-19(15-3-2-4-17(23)11-15)20(26(18)12-13)25-21(27)14-6-8-16(22)9-7-14/h2-12H,1H3,(H,25,27). The molecule has 0 atom stereocenters. The van der Waals surface area contributed by atoms with Crippen LogP contribution in [0.2, 0.25) is 5.02 Å². The lowest BCUT2D eigenvalue weighted by Crippen LogP contribution is -2.14. The van der Waals surface area contributed by atoms with Crippen LogP contribution in [0.15, 0.2) is 71.3 Å². The normalized spacial score (nSPS) is 10.9. The molecule has 2 aromatic carbocycles. The zero-order valence-electron chi connectivity index (χ0n) is 14.4. The zero-order valence-corrected chi connectivity index (χ0v) is 16.8. The molecule has 6 heteroatoms. The Kier molecular flexibility index (Phi) is 4.72. The molecule has 0 saturated carbocycles. The number of amides is 1. The predicted octanol–water partition coefficient (Wildman–Crippen LogP) is 5.98. The Morgan fingerprint density at radius 2 is 1.89 bits per heavy atom. The average Bonchev–Trinajstić information content (AvgIpc) is 3.00. The van der Waals surface area contributed by atoms with E-state index in [2.05, 4.69) is 21.2 Å². The molecule has 0 saturated heterocycles. The van der Waals surface area contributed by atoms with E-state index in [-0.39, 0.29) is 5.91 Å². The van der Waals surface area contributed by atoms with Gasteiger partial charge in [-0.3, -0.25) is 9.20 Å². The average molecular weight is 441 g/mol. The molecule has 4 nitrogen and oxygen atoms in total. The maximum atomic E-state index is 12.8. The first-order valence-electron chi connectivity index (χ1n) is 8.33. The Morgan fingerprint density at radius 1 is 1.11 bits per heavy atom. The van der Waals surface area contributed by atoms with Gasteiger partial charge in [0.2, 0.25) is 0 Å². The van der Waals surface area contributed by atoms with Crippen LogP contribution in [0, 0.1) is 6.92 Å². The van der Waals surface area contributed by atoms with Gasteiger partial charge in [0.1, 0.15) is 17.2 Å². The number of rotatable bonds is 3. The molecule has 0 fully saturated rings. The van der Waals surface area contributed by atoms with E-state index in [1.165, 1.54) is 0 Å². The molecule has 0 unspecified atom stereocenters. The number of halogens is 2. The van der Waals surface area contributed by atoms with Crippen molar-refractivity contribution in [3.05, 3.63) is 87.5 Å². The highest BCUT2D eigenvalue weighted by Crippen LogP contribution is 2.31. The second-order valence-corrected chi connectivity index (χ2v) is 7.57. The molecular formula is C21H15BrClN3O. The third kappa shape index (κ3) is 3.61. The number of pyridine rings is 1. The fourth-order valence-electron chi connectivity index (χ4n) is 2.89. The van der Waals surface area contributed by atoms with Gasteiger partial charge >= 0.3 is 0 Å². The van der Waals surface area contributed by atoms with Gasteiger partial charge in [0.05, 0.1) is 0 Å². The van der Waals surface area contributed by atoms with Crippen LogP contribution < -0.4 is 5.32 Å². The van der Waals surface area contributed by atoms with Crippen LogP contribution in [0.4, 0.5) is 5.82 Å². The van der Waals surface area contributed by atoms with E-state index in [0.29, 0.717) is 22.1 Å². The Morgan fingerprint density at radius 3 is 2.63 bits per heavy atom. The molecule has 2 aromatic heterocycles. The van der Waals surface area contributed by atoms with E-state index in [0.717, 1.165) is 21.2 Å². The van der Waals surface area contributed by atoms with Crippen molar-refractivity contribution < 1.29 is 4.79 Å². The number of nitrogens with zero attached hydrogens (tertiary/aromatic N) is 2. The van der Waals surface area contributed by atoms with Gasteiger partial charge in [-0.2, -0.15) is 0 Å². The molecule has 0 aliphatic carbocycles. The van der Waals surface area contributed by atoms with Crippen molar-refractivity contribution in [2.24, 2.45) is 0 Å². The first-order valence-corrected chi connectivity index (χ1v) is 9.50. The number of fused-ring (bicyclic) bond motifs is 1. The number of carbonyl (C=O) groups excluding carboxylic acids is 1. The van der Waals surface area contributed by atoms with Crippen molar-refractivity contribution in [1.29, 1.82) is 0 Å². The fourth-order valence-corrected chi connectivity index (χ4v) is 3.34. The molecule has 0 spiro atoms. The number of aromatic nitrogens is 2. The highest BCUT2D eigenvalue weighted by Gasteiger charge is 2.17. The second-order valence-electron chi connectivity index (χ2n) is 6.22. The van der Waals surface area contributed by atoms with Crippen LogP contribution >= 0.6 is 27.5 Å². The van der Waals surface area contributed by atoms with Gasteiger partial charge < -0.3 is 5.32 Å². The van der Waals surface area contributed by atoms with Crippen LogP contribution in [0.1, 0.15) is 15.9 Å². The predicted molar refractivity (Wildman–Crippen MR) is 112 cm³/mol. The second kappa shape index (κ2) is 7.18. The maximum Gasteiger partial charge on any atom is 0.256 e. The van der Waals surface area contributed by atoms with Gasteiger partial charge in [0.25, 0.3) is 5.91 Å². The van der Waals surface area contributed by atoms with Crippen molar-refractivity contribution in [1.82, 2.24) is 9.38 Å². The third-order valence-electron chi connectivity index (χ3n) is 4.20. The van der Waals surface area contributed by atoms with Crippen molar-refractivity contribution >= 4 is 44.9 Å². The minimum absolute atomic E-state index is 0.200. The van der Waals surface area contributed by atoms with Crippen LogP contribution in [0.5, 0.6) is 0 Å². The highest BCUT2D eigenvalue weighted by molar-refractivity contribution is 9.10. The molecule has 134 valence electrons. The fraction of sp³-hybridized carbons (Fsp3) is 0.0476. The van der Waals surface area contributed by atoms with Crippen LogP contribution in [0.25, 0.3) is 16.9 Å². The van der Waals surface area contributed by atoms with Crippen LogP contribution in [-0.2, 0) is 0 Å². The number of aryl methyl sites for hydroxylation is 1. The van der Waals surface area contributed by atoms with Crippen molar-refractivity contribution in [3.8, 4) is 11.3 Å². The molecule has 1 N–H and O–H groups in total. The van der Waals surface area contributed by atoms with Gasteiger partial charge in [-0.05, 0) is 55.0 Å². The summed E-state index contributed by atoms with van der Waals surface area (Å²) in [7, 11) is 0. The van der Waals surface area contributed by atoms with Crippen molar-refractivity contribution in [2.75, 3.05) is 5.32 Å². The number of hydrogen-bond donors (Lipinski definition) is 1. The molecule has 4 rings (SSSR count). The molecule has 0 radical (unpaired) electrons.